The summed E-state index contributed by atoms with van der Waals surface area (Å²) < 4.78 is 5.21. The Labute approximate surface area is 137 Å². The van der Waals surface area contributed by atoms with E-state index < -0.39 is 0 Å². The Morgan fingerprint density at radius 1 is 1.17 bits per heavy atom. The van der Waals surface area contributed by atoms with Crippen LogP contribution in [0, 0.1) is 6.92 Å². The maximum Gasteiger partial charge on any atom is 0.250 e. The van der Waals surface area contributed by atoms with Crippen molar-refractivity contribution in [2.75, 3.05) is 12.4 Å². The Hall–Kier alpha value is -2.73. The van der Waals surface area contributed by atoms with E-state index in [4.69, 9.17) is 4.74 Å². The summed E-state index contributed by atoms with van der Waals surface area (Å²) in [4.78, 5) is 11.9. The zero-order chi connectivity index (χ0) is 16.2. The van der Waals surface area contributed by atoms with Crippen molar-refractivity contribution in [1.29, 1.82) is 0 Å². The first-order chi connectivity index (χ1) is 11.1. The van der Waals surface area contributed by atoms with Gasteiger partial charge in [-0.2, -0.15) is 0 Å². The third-order valence-electron chi connectivity index (χ3n) is 3.25. The number of anilines is 1. The summed E-state index contributed by atoms with van der Waals surface area (Å²) in [5.74, 6) is 0.600. The number of aryl methyl sites for hydroxylation is 1. The molecular formula is C17H15N3O2S. The van der Waals surface area contributed by atoms with Crippen molar-refractivity contribution >= 4 is 39.2 Å². The number of amides is 1. The van der Waals surface area contributed by atoms with Crippen LogP contribution in [0.2, 0.25) is 0 Å². The van der Waals surface area contributed by atoms with Gasteiger partial charge in [0.05, 0.1) is 7.11 Å². The van der Waals surface area contributed by atoms with Gasteiger partial charge in [-0.05, 0) is 47.5 Å². The number of methoxy groups -OCH3 is 1. The molecule has 0 unspecified atom stereocenters. The van der Waals surface area contributed by atoms with Gasteiger partial charge >= 0.3 is 0 Å². The molecule has 6 heteroatoms. The van der Waals surface area contributed by atoms with E-state index in [2.05, 4.69) is 15.5 Å². The first-order valence-corrected chi connectivity index (χ1v) is 7.83. The highest BCUT2D eigenvalue weighted by molar-refractivity contribution is 7.15. The van der Waals surface area contributed by atoms with Crippen LogP contribution in [-0.4, -0.2) is 23.2 Å². The molecular weight excluding hydrogens is 310 g/mol. The van der Waals surface area contributed by atoms with Crippen molar-refractivity contribution < 1.29 is 9.53 Å². The quantitative estimate of drug-likeness (QED) is 0.744. The minimum Gasteiger partial charge on any atom is -0.497 e. The number of carbonyl (C=O) groups excluding carboxylic acids is 1. The number of carbonyl (C=O) groups is 1. The topological polar surface area (TPSA) is 64.1 Å². The van der Waals surface area contributed by atoms with Crippen molar-refractivity contribution in [3.63, 3.8) is 0 Å². The lowest BCUT2D eigenvalue weighted by Gasteiger charge is -2.03. The Kier molecular flexibility index (Phi) is 4.34. The molecule has 1 aromatic heterocycles. The number of nitrogens with zero attached hydrogens (tertiary/aromatic N) is 2. The Morgan fingerprint density at radius 3 is 2.70 bits per heavy atom. The number of rotatable bonds is 4. The third kappa shape index (κ3) is 3.73. The number of fused-ring (bicyclic) bond motifs is 1. The molecule has 3 aromatic rings. The van der Waals surface area contributed by atoms with E-state index in [0.717, 1.165) is 27.1 Å². The predicted octanol–water partition coefficient (Wildman–Crippen LogP) is 3.66. The third-order valence-corrected chi connectivity index (χ3v) is 4.01. The van der Waals surface area contributed by atoms with Gasteiger partial charge in [-0.3, -0.25) is 10.1 Å². The van der Waals surface area contributed by atoms with Gasteiger partial charge in [0, 0.05) is 6.08 Å². The van der Waals surface area contributed by atoms with Gasteiger partial charge in [-0.15, -0.1) is 10.2 Å². The lowest BCUT2D eigenvalue weighted by molar-refractivity contribution is -0.111. The highest BCUT2D eigenvalue weighted by atomic mass is 32.1. The summed E-state index contributed by atoms with van der Waals surface area (Å²) in [6.07, 6.45) is 3.26. The monoisotopic (exact) mass is 325 g/mol. The summed E-state index contributed by atoms with van der Waals surface area (Å²) >= 11 is 1.34. The van der Waals surface area contributed by atoms with Gasteiger partial charge < -0.3 is 4.74 Å². The number of ether oxygens (including phenoxy) is 1. The zero-order valence-corrected chi connectivity index (χ0v) is 13.6. The highest BCUT2D eigenvalue weighted by Crippen LogP contribution is 2.22. The molecule has 0 bridgehead atoms. The van der Waals surface area contributed by atoms with Crippen LogP contribution in [-0.2, 0) is 4.79 Å². The zero-order valence-electron chi connectivity index (χ0n) is 12.7. The number of aromatic nitrogens is 2. The highest BCUT2D eigenvalue weighted by Gasteiger charge is 2.03. The average Bonchev–Trinajstić information content (AvgIpc) is 2.97. The number of nitrogens with one attached hydrogen (secondary N) is 1. The average molecular weight is 325 g/mol. The van der Waals surface area contributed by atoms with Crippen molar-refractivity contribution in [2.45, 2.75) is 6.92 Å². The SMILES string of the molecule is COc1ccc2cc(/C=C/C(=O)Nc3nnc(C)s3)ccc2c1. The fourth-order valence-corrected chi connectivity index (χ4v) is 2.73. The summed E-state index contributed by atoms with van der Waals surface area (Å²) in [5.41, 5.74) is 0.950. The summed E-state index contributed by atoms with van der Waals surface area (Å²) in [5, 5.41) is 13.9. The molecule has 0 atom stereocenters. The van der Waals surface area contributed by atoms with E-state index in [1.165, 1.54) is 17.4 Å². The molecule has 0 aliphatic heterocycles. The standard InChI is InChI=1S/C17H15N3O2S/c1-11-19-20-17(23-11)18-16(21)8-4-12-3-5-14-10-15(22-2)7-6-13(14)9-12/h3-10H,1-2H3,(H,18,20,21)/b8-4+. The van der Waals surface area contributed by atoms with Gasteiger partial charge in [0.1, 0.15) is 10.8 Å². The molecule has 0 saturated carbocycles. The fraction of sp³-hybridized carbons (Fsp3) is 0.118. The molecule has 23 heavy (non-hydrogen) atoms. The van der Waals surface area contributed by atoms with E-state index in [-0.39, 0.29) is 5.91 Å². The Morgan fingerprint density at radius 2 is 1.96 bits per heavy atom. The van der Waals surface area contributed by atoms with Crippen LogP contribution < -0.4 is 10.1 Å². The van der Waals surface area contributed by atoms with E-state index in [0.29, 0.717) is 5.13 Å². The molecule has 0 aliphatic carbocycles. The summed E-state index contributed by atoms with van der Waals surface area (Å²) in [7, 11) is 1.65. The maximum absolute atomic E-state index is 11.9. The van der Waals surface area contributed by atoms with Crippen LogP contribution in [0.15, 0.2) is 42.5 Å². The van der Waals surface area contributed by atoms with Crippen LogP contribution in [0.4, 0.5) is 5.13 Å². The van der Waals surface area contributed by atoms with E-state index in [9.17, 15) is 4.79 Å². The van der Waals surface area contributed by atoms with Crippen LogP contribution in [0.5, 0.6) is 5.75 Å². The molecule has 1 heterocycles. The van der Waals surface area contributed by atoms with Crippen molar-refractivity contribution in [1.82, 2.24) is 10.2 Å². The Balaban J connectivity index is 1.74. The van der Waals surface area contributed by atoms with Crippen LogP contribution >= 0.6 is 11.3 Å². The molecule has 0 radical (unpaired) electrons. The van der Waals surface area contributed by atoms with Gasteiger partial charge in [0.2, 0.25) is 11.0 Å². The number of hydrogen-bond acceptors (Lipinski definition) is 5. The van der Waals surface area contributed by atoms with E-state index in [1.54, 1.807) is 13.2 Å². The number of benzene rings is 2. The summed E-state index contributed by atoms with van der Waals surface area (Å²) in [6.45, 7) is 1.84. The first kappa shape index (κ1) is 15.2. The molecule has 0 spiro atoms. The second kappa shape index (κ2) is 6.58. The van der Waals surface area contributed by atoms with E-state index in [1.807, 2.05) is 43.3 Å². The molecule has 1 amide bonds. The Bertz CT molecular complexity index is 886. The molecule has 5 nitrogen and oxygen atoms in total. The summed E-state index contributed by atoms with van der Waals surface area (Å²) in [6, 6.07) is 11.9. The molecule has 1 N–H and O–H groups in total. The van der Waals surface area contributed by atoms with E-state index >= 15 is 0 Å². The maximum atomic E-state index is 11.9. The molecule has 2 aromatic carbocycles. The molecule has 0 aliphatic rings. The second-order valence-corrected chi connectivity index (χ2v) is 6.10. The normalized spacial score (nSPS) is 11.0. The fourth-order valence-electron chi connectivity index (χ4n) is 2.14. The largest absolute Gasteiger partial charge is 0.497 e. The predicted molar refractivity (Wildman–Crippen MR) is 92.8 cm³/mol. The van der Waals surface area contributed by atoms with Crippen molar-refractivity contribution in [3.05, 3.63) is 53.0 Å². The molecule has 0 saturated heterocycles. The molecule has 3 rings (SSSR count). The van der Waals surface area contributed by atoms with Crippen LogP contribution in [0.3, 0.4) is 0 Å². The van der Waals surface area contributed by atoms with Crippen LogP contribution in [0.25, 0.3) is 16.8 Å². The first-order valence-electron chi connectivity index (χ1n) is 7.01. The van der Waals surface area contributed by atoms with Crippen molar-refractivity contribution in [3.8, 4) is 5.75 Å². The smallest absolute Gasteiger partial charge is 0.250 e. The van der Waals surface area contributed by atoms with Gasteiger partial charge in [0.15, 0.2) is 0 Å². The minimum absolute atomic E-state index is 0.226. The molecule has 0 fully saturated rings. The molecule has 116 valence electrons. The van der Waals surface area contributed by atoms with Gasteiger partial charge in [-0.1, -0.05) is 29.5 Å². The number of hydrogen-bond donors (Lipinski definition) is 1. The van der Waals surface area contributed by atoms with Gasteiger partial charge in [0.25, 0.3) is 0 Å². The second-order valence-electron chi connectivity index (χ2n) is 4.92. The lowest BCUT2D eigenvalue weighted by atomic mass is 10.1. The van der Waals surface area contributed by atoms with Crippen molar-refractivity contribution in [2.24, 2.45) is 0 Å². The van der Waals surface area contributed by atoms with Gasteiger partial charge in [-0.25, -0.2) is 0 Å². The lowest BCUT2D eigenvalue weighted by Crippen LogP contribution is -2.07. The van der Waals surface area contributed by atoms with Crippen LogP contribution in [0.1, 0.15) is 10.6 Å². The minimum atomic E-state index is -0.226.